The van der Waals surface area contributed by atoms with Gasteiger partial charge in [0, 0.05) is 5.69 Å². The second kappa shape index (κ2) is 10.1. The molecule has 0 aliphatic carbocycles. The van der Waals surface area contributed by atoms with Crippen LogP contribution in [0.3, 0.4) is 0 Å². The molecule has 3 aromatic carbocycles. The summed E-state index contributed by atoms with van der Waals surface area (Å²) in [5, 5.41) is 12.1. The Balaban J connectivity index is 1.75. The van der Waals surface area contributed by atoms with E-state index in [0.717, 1.165) is 5.56 Å². The maximum Gasteiger partial charge on any atom is 0.266 e. The molecular weight excluding hydrogens is 388 g/mol. The van der Waals surface area contributed by atoms with Gasteiger partial charge in [0.2, 0.25) is 0 Å². The summed E-state index contributed by atoms with van der Waals surface area (Å²) >= 11 is 0. The molecule has 0 atom stereocenters. The third-order valence-corrected chi connectivity index (χ3v) is 4.86. The van der Waals surface area contributed by atoms with Crippen molar-refractivity contribution in [1.29, 1.82) is 5.26 Å². The Hall–Kier alpha value is -4.04. The summed E-state index contributed by atoms with van der Waals surface area (Å²) in [6.45, 7) is 4.56. The first kappa shape index (κ1) is 21.7. The number of ether oxygens (including phenoxy) is 2. The summed E-state index contributed by atoms with van der Waals surface area (Å²) in [4.78, 5) is 12.4. The Morgan fingerprint density at radius 1 is 1.00 bits per heavy atom. The van der Waals surface area contributed by atoms with E-state index in [1.807, 2.05) is 30.3 Å². The summed E-state index contributed by atoms with van der Waals surface area (Å²) in [7, 11) is 1.55. The Morgan fingerprint density at radius 2 is 1.77 bits per heavy atom. The van der Waals surface area contributed by atoms with Gasteiger partial charge in [-0.2, -0.15) is 5.26 Å². The van der Waals surface area contributed by atoms with E-state index in [9.17, 15) is 10.1 Å². The van der Waals surface area contributed by atoms with Crippen LogP contribution in [0.1, 0.15) is 22.3 Å². The Morgan fingerprint density at radius 3 is 2.45 bits per heavy atom. The van der Waals surface area contributed by atoms with Crippen LogP contribution in [0.25, 0.3) is 6.08 Å². The molecule has 0 fully saturated rings. The van der Waals surface area contributed by atoms with Crippen molar-refractivity contribution in [2.75, 3.05) is 12.4 Å². The molecule has 0 aliphatic rings. The van der Waals surface area contributed by atoms with Gasteiger partial charge in [0.05, 0.1) is 7.11 Å². The summed E-state index contributed by atoms with van der Waals surface area (Å²) < 4.78 is 11.4. The number of amides is 1. The Labute approximate surface area is 182 Å². The third kappa shape index (κ3) is 5.74. The van der Waals surface area contributed by atoms with Crippen molar-refractivity contribution >= 4 is 17.7 Å². The number of carbonyl (C=O) groups excluding carboxylic acids is 1. The summed E-state index contributed by atoms with van der Waals surface area (Å²) in [5.41, 5.74) is 4.80. The number of anilines is 1. The van der Waals surface area contributed by atoms with Gasteiger partial charge in [-0.25, -0.2) is 0 Å². The quantitative estimate of drug-likeness (QED) is 0.414. The molecule has 0 radical (unpaired) electrons. The lowest BCUT2D eigenvalue weighted by Crippen LogP contribution is -2.13. The largest absolute Gasteiger partial charge is 0.493 e. The first-order valence-electron chi connectivity index (χ1n) is 9.85. The van der Waals surface area contributed by atoms with Crippen LogP contribution in [-0.4, -0.2) is 13.0 Å². The van der Waals surface area contributed by atoms with E-state index < -0.39 is 5.91 Å². The molecule has 3 rings (SSSR count). The van der Waals surface area contributed by atoms with Gasteiger partial charge in [0.15, 0.2) is 11.5 Å². The third-order valence-electron chi connectivity index (χ3n) is 4.86. The van der Waals surface area contributed by atoms with E-state index in [-0.39, 0.29) is 5.57 Å². The highest BCUT2D eigenvalue weighted by Crippen LogP contribution is 2.30. The smallest absolute Gasteiger partial charge is 0.266 e. The second-order valence-electron chi connectivity index (χ2n) is 7.11. The zero-order valence-electron chi connectivity index (χ0n) is 17.8. The first-order valence-corrected chi connectivity index (χ1v) is 9.85. The van der Waals surface area contributed by atoms with E-state index in [0.29, 0.717) is 29.4 Å². The van der Waals surface area contributed by atoms with Crippen molar-refractivity contribution in [2.24, 2.45) is 0 Å². The summed E-state index contributed by atoms with van der Waals surface area (Å²) in [5.74, 6) is 0.645. The number of nitrogens with one attached hydrogen (secondary N) is 1. The van der Waals surface area contributed by atoms with E-state index in [1.165, 1.54) is 17.2 Å². The van der Waals surface area contributed by atoms with Crippen LogP contribution < -0.4 is 14.8 Å². The highest BCUT2D eigenvalue weighted by Gasteiger charge is 2.11. The molecule has 1 N–H and O–H groups in total. The maximum atomic E-state index is 12.4. The number of hydrogen-bond acceptors (Lipinski definition) is 4. The molecule has 31 heavy (non-hydrogen) atoms. The van der Waals surface area contributed by atoms with Crippen LogP contribution in [0.4, 0.5) is 5.69 Å². The summed E-state index contributed by atoms with van der Waals surface area (Å²) in [6, 6.07) is 22.5. The minimum atomic E-state index is -0.470. The lowest BCUT2D eigenvalue weighted by Gasteiger charge is -2.12. The molecule has 0 unspecified atom stereocenters. The lowest BCUT2D eigenvalue weighted by atomic mass is 10.1. The molecule has 1 amide bonds. The van der Waals surface area contributed by atoms with Crippen LogP contribution >= 0.6 is 0 Å². The van der Waals surface area contributed by atoms with Gasteiger partial charge < -0.3 is 14.8 Å². The number of nitriles is 1. The van der Waals surface area contributed by atoms with Gasteiger partial charge in [0.25, 0.3) is 5.91 Å². The van der Waals surface area contributed by atoms with Gasteiger partial charge >= 0.3 is 0 Å². The molecule has 156 valence electrons. The predicted molar refractivity (Wildman–Crippen MR) is 122 cm³/mol. The molecule has 0 aromatic heterocycles. The van der Waals surface area contributed by atoms with Gasteiger partial charge in [-0.1, -0.05) is 42.5 Å². The van der Waals surface area contributed by atoms with Crippen molar-refractivity contribution in [3.05, 3.63) is 94.6 Å². The minimum absolute atomic E-state index is 0.00490. The van der Waals surface area contributed by atoms with Crippen molar-refractivity contribution < 1.29 is 14.3 Å². The summed E-state index contributed by atoms with van der Waals surface area (Å²) in [6.07, 6.45) is 1.52. The van der Waals surface area contributed by atoms with Crippen LogP contribution in [0, 0.1) is 25.2 Å². The topological polar surface area (TPSA) is 71.3 Å². The lowest BCUT2D eigenvalue weighted by molar-refractivity contribution is -0.112. The minimum Gasteiger partial charge on any atom is -0.493 e. The van der Waals surface area contributed by atoms with Crippen molar-refractivity contribution in [1.82, 2.24) is 0 Å². The highest BCUT2D eigenvalue weighted by molar-refractivity contribution is 6.09. The fraction of sp³-hybridized carbons (Fsp3) is 0.154. The molecule has 3 aromatic rings. The molecule has 5 heteroatoms. The molecule has 0 saturated heterocycles. The van der Waals surface area contributed by atoms with Gasteiger partial charge in [-0.3, -0.25) is 4.79 Å². The highest BCUT2D eigenvalue weighted by atomic mass is 16.5. The first-order chi connectivity index (χ1) is 15.0. The van der Waals surface area contributed by atoms with E-state index in [4.69, 9.17) is 9.47 Å². The van der Waals surface area contributed by atoms with Crippen LogP contribution in [-0.2, 0) is 11.4 Å². The fourth-order valence-electron chi connectivity index (χ4n) is 2.98. The predicted octanol–water partition coefficient (Wildman–Crippen LogP) is 5.44. The maximum absolute atomic E-state index is 12.4. The number of benzene rings is 3. The van der Waals surface area contributed by atoms with E-state index in [1.54, 1.807) is 37.4 Å². The van der Waals surface area contributed by atoms with Crippen molar-refractivity contribution in [3.63, 3.8) is 0 Å². The number of carbonyl (C=O) groups is 1. The average molecular weight is 412 g/mol. The molecule has 0 bridgehead atoms. The average Bonchev–Trinajstić information content (AvgIpc) is 2.79. The van der Waals surface area contributed by atoms with Gasteiger partial charge in [0.1, 0.15) is 18.2 Å². The van der Waals surface area contributed by atoms with Crippen molar-refractivity contribution in [2.45, 2.75) is 20.5 Å². The standard InChI is InChI=1S/C26H24N2O3/c1-18-9-10-21(13-19(18)2)17-31-24-12-11-20(15-25(24)30-3)14-22(16-27)26(29)28-23-7-5-4-6-8-23/h4-15H,17H2,1-3H3,(H,28,29)/b22-14+. The fourth-order valence-corrected chi connectivity index (χ4v) is 2.98. The van der Waals surface area contributed by atoms with Crippen LogP contribution in [0.15, 0.2) is 72.3 Å². The van der Waals surface area contributed by atoms with Crippen LogP contribution in [0.2, 0.25) is 0 Å². The molecule has 5 nitrogen and oxygen atoms in total. The zero-order chi connectivity index (χ0) is 22.2. The second-order valence-corrected chi connectivity index (χ2v) is 7.11. The van der Waals surface area contributed by atoms with Gasteiger partial charge in [-0.15, -0.1) is 0 Å². The zero-order valence-corrected chi connectivity index (χ0v) is 17.8. The van der Waals surface area contributed by atoms with Crippen molar-refractivity contribution in [3.8, 4) is 17.6 Å². The molecule has 0 aliphatic heterocycles. The number of rotatable bonds is 7. The Kier molecular flexibility index (Phi) is 7.08. The number of methoxy groups -OCH3 is 1. The number of para-hydroxylation sites is 1. The number of nitrogens with zero attached hydrogens (tertiary/aromatic N) is 1. The van der Waals surface area contributed by atoms with Gasteiger partial charge in [-0.05, 0) is 66.4 Å². The van der Waals surface area contributed by atoms with E-state index in [2.05, 4.69) is 31.3 Å². The van der Waals surface area contributed by atoms with Crippen LogP contribution in [0.5, 0.6) is 11.5 Å². The number of aryl methyl sites for hydroxylation is 2. The SMILES string of the molecule is COc1cc(/C=C(\C#N)C(=O)Nc2ccccc2)ccc1OCc1ccc(C)c(C)c1. The molecule has 0 spiro atoms. The van der Waals surface area contributed by atoms with E-state index >= 15 is 0 Å². The normalized spacial score (nSPS) is 10.8. The molecular formula is C26H24N2O3. The monoisotopic (exact) mass is 412 g/mol. The number of hydrogen-bond donors (Lipinski definition) is 1. The molecule has 0 saturated carbocycles. The Bertz CT molecular complexity index is 1150. The molecule has 0 heterocycles.